The summed E-state index contributed by atoms with van der Waals surface area (Å²) in [5.41, 5.74) is 3.30. The Labute approximate surface area is 115 Å². The summed E-state index contributed by atoms with van der Waals surface area (Å²) in [6.07, 6.45) is 2.81. The van der Waals surface area contributed by atoms with Crippen LogP contribution in [0.4, 0.5) is 5.69 Å². The smallest absolute Gasteiger partial charge is 0.224 e. The Bertz CT molecular complexity index is 452. The van der Waals surface area contributed by atoms with Gasteiger partial charge in [-0.25, -0.2) is 0 Å². The van der Waals surface area contributed by atoms with Crippen LogP contribution in [0.1, 0.15) is 44.7 Å². The molecule has 102 valence electrons. The lowest BCUT2D eigenvalue weighted by Gasteiger charge is -2.14. The van der Waals surface area contributed by atoms with Crippen molar-refractivity contribution in [3.8, 4) is 6.07 Å². The highest BCUT2D eigenvalue weighted by molar-refractivity contribution is 5.92. The van der Waals surface area contributed by atoms with Crippen molar-refractivity contribution >= 4 is 11.6 Å². The molecule has 0 aliphatic carbocycles. The van der Waals surface area contributed by atoms with Crippen LogP contribution in [0.25, 0.3) is 0 Å². The molecule has 1 aromatic rings. The number of hydrogen-bond acceptors (Lipinski definition) is 2. The highest BCUT2D eigenvalue weighted by Crippen LogP contribution is 2.23. The molecule has 0 radical (unpaired) electrons. The number of aryl methyl sites for hydroxylation is 2. The normalized spacial score (nSPS) is 11.7. The lowest BCUT2D eigenvalue weighted by Crippen LogP contribution is -2.15. The first-order chi connectivity index (χ1) is 9.12. The minimum Gasteiger partial charge on any atom is -0.326 e. The molecule has 0 aliphatic rings. The Balaban J connectivity index is 2.76. The first-order valence-electron chi connectivity index (χ1n) is 6.92. The van der Waals surface area contributed by atoms with Crippen LogP contribution in [0.15, 0.2) is 18.2 Å². The number of carbonyl (C=O) groups excluding carboxylic acids is 1. The molecule has 1 rings (SSSR count). The summed E-state index contributed by atoms with van der Waals surface area (Å²) < 4.78 is 0. The fourth-order valence-corrected chi connectivity index (χ4v) is 2.02. The van der Waals surface area contributed by atoms with E-state index in [9.17, 15) is 4.79 Å². The summed E-state index contributed by atoms with van der Waals surface area (Å²) in [6.45, 7) is 6.01. The fraction of sp³-hybridized carbons (Fsp3) is 0.500. The molecule has 0 aromatic heterocycles. The minimum atomic E-state index is -0.0715. The van der Waals surface area contributed by atoms with E-state index < -0.39 is 0 Å². The Morgan fingerprint density at radius 2 is 1.89 bits per heavy atom. The third-order valence-corrected chi connectivity index (χ3v) is 3.29. The molecule has 3 nitrogen and oxygen atoms in total. The molecule has 1 N–H and O–H groups in total. The molecule has 0 bridgehead atoms. The Morgan fingerprint density at radius 1 is 1.32 bits per heavy atom. The van der Waals surface area contributed by atoms with Gasteiger partial charge in [0.15, 0.2) is 0 Å². The number of benzene rings is 1. The van der Waals surface area contributed by atoms with Gasteiger partial charge in [0.25, 0.3) is 0 Å². The van der Waals surface area contributed by atoms with E-state index in [4.69, 9.17) is 5.26 Å². The standard InChI is InChI=1S/C16H22N2O/c1-4-13-7-6-8-14(5-2)16(13)18-15(19)10-9-12(3)11-17/h6-8,12H,4-5,9-10H2,1-3H3,(H,18,19). The van der Waals surface area contributed by atoms with E-state index in [0.29, 0.717) is 12.8 Å². The third-order valence-electron chi connectivity index (χ3n) is 3.29. The van der Waals surface area contributed by atoms with Crippen LogP contribution in [0.3, 0.4) is 0 Å². The molecular weight excluding hydrogens is 236 g/mol. The lowest BCUT2D eigenvalue weighted by molar-refractivity contribution is -0.116. The summed E-state index contributed by atoms with van der Waals surface area (Å²) in [4.78, 5) is 11.9. The van der Waals surface area contributed by atoms with E-state index in [1.807, 2.05) is 25.1 Å². The second-order valence-electron chi connectivity index (χ2n) is 4.78. The number of nitrogens with zero attached hydrogens (tertiary/aromatic N) is 1. The number of nitrogens with one attached hydrogen (secondary N) is 1. The lowest BCUT2D eigenvalue weighted by atomic mass is 10.0. The Morgan fingerprint density at radius 3 is 2.37 bits per heavy atom. The van der Waals surface area contributed by atoms with Crippen LogP contribution in [0, 0.1) is 17.2 Å². The van der Waals surface area contributed by atoms with Crippen LogP contribution in [0.2, 0.25) is 0 Å². The summed E-state index contributed by atoms with van der Waals surface area (Å²) >= 11 is 0. The average molecular weight is 258 g/mol. The average Bonchev–Trinajstić information content (AvgIpc) is 2.44. The molecule has 1 amide bonds. The number of rotatable bonds is 6. The largest absolute Gasteiger partial charge is 0.326 e. The second-order valence-corrected chi connectivity index (χ2v) is 4.78. The van der Waals surface area contributed by atoms with Crippen molar-refractivity contribution in [2.75, 3.05) is 5.32 Å². The van der Waals surface area contributed by atoms with E-state index in [2.05, 4.69) is 25.2 Å². The molecule has 1 atom stereocenters. The van der Waals surface area contributed by atoms with Crippen molar-refractivity contribution in [3.05, 3.63) is 29.3 Å². The molecular formula is C16H22N2O. The van der Waals surface area contributed by atoms with Crippen LogP contribution in [-0.4, -0.2) is 5.91 Å². The predicted octanol–water partition coefficient (Wildman–Crippen LogP) is 3.69. The van der Waals surface area contributed by atoms with Gasteiger partial charge in [0.1, 0.15) is 0 Å². The van der Waals surface area contributed by atoms with E-state index in [-0.39, 0.29) is 11.8 Å². The fourth-order valence-electron chi connectivity index (χ4n) is 2.02. The van der Waals surface area contributed by atoms with Gasteiger partial charge >= 0.3 is 0 Å². The number of anilines is 1. The van der Waals surface area contributed by atoms with Gasteiger partial charge in [0.2, 0.25) is 5.91 Å². The van der Waals surface area contributed by atoms with E-state index >= 15 is 0 Å². The highest BCUT2D eigenvalue weighted by Gasteiger charge is 2.11. The number of nitriles is 1. The van der Waals surface area contributed by atoms with Gasteiger partial charge < -0.3 is 5.32 Å². The van der Waals surface area contributed by atoms with Gasteiger partial charge in [-0.1, -0.05) is 32.0 Å². The topological polar surface area (TPSA) is 52.9 Å². The first kappa shape index (κ1) is 15.2. The van der Waals surface area contributed by atoms with Crippen molar-refractivity contribution in [1.82, 2.24) is 0 Å². The predicted molar refractivity (Wildman–Crippen MR) is 77.8 cm³/mol. The molecule has 1 aromatic carbocycles. The number of amides is 1. The molecule has 3 heteroatoms. The van der Waals surface area contributed by atoms with Gasteiger partial charge in [-0.05, 0) is 37.3 Å². The summed E-state index contributed by atoms with van der Waals surface area (Å²) in [7, 11) is 0. The molecule has 0 fully saturated rings. The summed E-state index contributed by atoms with van der Waals surface area (Å²) in [5, 5.41) is 11.7. The van der Waals surface area contributed by atoms with E-state index in [1.54, 1.807) is 0 Å². The van der Waals surface area contributed by atoms with Crippen molar-refractivity contribution in [2.45, 2.75) is 46.5 Å². The molecule has 0 saturated carbocycles. The van der Waals surface area contributed by atoms with Gasteiger partial charge in [-0.15, -0.1) is 0 Å². The summed E-state index contributed by atoms with van der Waals surface area (Å²) in [5.74, 6) is -0.0736. The highest BCUT2D eigenvalue weighted by atomic mass is 16.1. The van der Waals surface area contributed by atoms with E-state index in [1.165, 1.54) is 11.1 Å². The molecule has 0 saturated heterocycles. The van der Waals surface area contributed by atoms with Gasteiger partial charge in [-0.2, -0.15) is 5.26 Å². The maximum absolute atomic E-state index is 11.9. The number of para-hydroxylation sites is 1. The monoisotopic (exact) mass is 258 g/mol. The van der Waals surface area contributed by atoms with Crippen molar-refractivity contribution in [3.63, 3.8) is 0 Å². The third kappa shape index (κ3) is 4.40. The quantitative estimate of drug-likeness (QED) is 0.846. The maximum Gasteiger partial charge on any atom is 0.224 e. The molecule has 0 spiro atoms. The zero-order valence-electron chi connectivity index (χ0n) is 12.0. The molecule has 19 heavy (non-hydrogen) atoms. The minimum absolute atomic E-state index is 0.00213. The summed E-state index contributed by atoms with van der Waals surface area (Å²) in [6, 6.07) is 8.28. The van der Waals surface area contributed by atoms with Gasteiger partial charge in [0.05, 0.1) is 6.07 Å². The number of carbonyl (C=O) groups is 1. The SMILES string of the molecule is CCc1cccc(CC)c1NC(=O)CCC(C)C#N. The van der Waals surface area contributed by atoms with Crippen molar-refractivity contribution < 1.29 is 4.79 Å². The van der Waals surface area contributed by atoms with Gasteiger partial charge in [0, 0.05) is 18.0 Å². The van der Waals surface area contributed by atoms with Gasteiger partial charge in [-0.3, -0.25) is 4.79 Å². The Hall–Kier alpha value is -1.82. The second kappa shape index (κ2) is 7.58. The van der Waals surface area contributed by atoms with Crippen molar-refractivity contribution in [1.29, 1.82) is 5.26 Å². The molecule has 0 aliphatic heterocycles. The van der Waals surface area contributed by atoms with Crippen LogP contribution in [0.5, 0.6) is 0 Å². The zero-order valence-corrected chi connectivity index (χ0v) is 12.0. The molecule has 1 unspecified atom stereocenters. The molecule has 0 heterocycles. The van der Waals surface area contributed by atoms with E-state index in [0.717, 1.165) is 18.5 Å². The first-order valence-corrected chi connectivity index (χ1v) is 6.92. The van der Waals surface area contributed by atoms with Crippen molar-refractivity contribution in [2.24, 2.45) is 5.92 Å². The van der Waals surface area contributed by atoms with Crippen LogP contribution >= 0.6 is 0 Å². The Kier molecular flexibility index (Phi) is 6.08. The zero-order chi connectivity index (χ0) is 14.3. The van der Waals surface area contributed by atoms with Crippen LogP contribution < -0.4 is 5.32 Å². The maximum atomic E-state index is 11.9. The van der Waals surface area contributed by atoms with Crippen LogP contribution in [-0.2, 0) is 17.6 Å². The number of hydrogen-bond donors (Lipinski definition) is 1.